The Morgan fingerprint density at radius 3 is 2.51 bits per heavy atom. The van der Waals surface area contributed by atoms with Crippen LogP contribution in [0.2, 0.25) is 10.0 Å². The Bertz CT molecular complexity index is 1530. The Morgan fingerprint density at radius 2 is 1.86 bits per heavy atom. The summed E-state index contributed by atoms with van der Waals surface area (Å²) in [5.41, 5.74) is 3.65. The number of nitriles is 1. The van der Waals surface area contributed by atoms with Crippen LogP contribution in [-0.4, -0.2) is 53.5 Å². The minimum atomic E-state index is -0.471. The maximum atomic E-state index is 9.87. The van der Waals surface area contributed by atoms with Gasteiger partial charge in [-0.05, 0) is 19.1 Å². The van der Waals surface area contributed by atoms with Crippen LogP contribution in [-0.2, 0) is 0 Å². The van der Waals surface area contributed by atoms with Crippen molar-refractivity contribution >= 4 is 39.9 Å². The second-order valence-corrected chi connectivity index (χ2v) is 10.4. The highest BCUT2D eigenvalue weighted by molar-refractivity contribution is 6.35. The first-order valence-electron chi connectivity index (χ1n) is 11.8. The van der Waals surface area contributed by atoms with E-state index in [4.69, 9.17) is 32.7 Å². The molecule has 2 N–H and O–H groups in total. The summed E-state index contributed by atoms with van der Waals surface area (Å²) in [5.74, 6) is 1.74. The van der Waals surface area contributed by atoms with Gasteiger partial charge in [-0.25, -0.2) is 4.98 Å². The lowest BCUT2D eigenvalue weighted by atomic mass is 9.74. The summed E-state index contributed by atoms with van der Waals surface area (Å²) in [6, 6.07) is 7.83. The number of nitrogens with zero attached hydrogens (tertiary/aromatic N) is 5. The zero-order valence-electron chi connectivity index (χ0n) is 20.2. The summed E-state index contributed by atoms with van der Waals surface area (Å²) in [6.45, 7) is 5.73. The zero-order chi connectivity index (χ0) is 25.7. The van der Waals surface area contributed by atoms with Gasteiger partial charge in [0.25, 0.3) is 0 Å². The second kappa shape index (κ2) is 9.06. The summed E-state index contributed by atoms with van der Waals surface area (Å²) in [5, 5.41) is 22.4. The largest absolute Gasteiger partial charge is 0.493 e. The standard InChI is InChI=1S/C26H23Cl2N7O2/c1-14(23-18(27)8-30-9-19(23)28)37-22-4-17-20(5-21(22)36-2)33-34-24(17)16-3-15(6-29)25(32-7-16)35-12-26(13-35)10-31-11-26/h3-5,7-9,14,31H,10-13H2,1-2H3,(H,33,34)/t14-/m1/s1. The number of ether oxygens (including phenoxy) is 2. The third-order valence-corrected chi connectivity index (χ3v) is 7.66. The minimum absolute atomic E-state index is 0.336. The second-order valence-electron chi connectivity index (χ2n) is 9.56. The highest BCUT2D eigenvalue weighted by atomic mass is 35.5. The molecule has 3 aromatic heterocycles. The Labute approximate surface area is 223 Å². The Balaban J connectivity index is 1.34. The average molecular weight is 536 g/mol. The van der Waals surface area contributed by atoms with E-state index in [1.807, 2.05) is 25.1 Å². The van der Waals surface area contributed by atoms with Crippen molar-refractivity contribution in [3.05, 3.63) is 58.0 Å². The minimum Gasteiger partial charge on any atom is -0.493 e. The molecule has 0 bridgehead atoms. The van der Waals surface area contributed by atoms with Crippen molar-refractivity contribution in [1.82, 2.24) is 25.5 Å². The molecule has 9 nitrogen and oxygen atoms in total. The zero-order valence-corrected chi connectivity index (χ0v) is 21.7. The van der Waals surface area contributed by atoms with Crippen LogP contribution in [0, 0.1) is 16.7 Å². The monoisotopic (exact) mass is 535 g/mol. The number of aromatic amines is 1. The van der Waals surface area contributed by atoms with Gasteiger partial charge < -0.3 is 19.7 Å². The van der Waals surface area contributed by atoms with Gasteiger partial charge in [-0.1, -0.05) is 23.2 Å². The molecule has 2 aliphatic rings. The topological polar surface area (TPSA) is 112 Å². The fourth-order valence-corrected chi connectivity index (χ4v) is 5.76. The molecular formula is C26H23Cl2N7O2. The number of benzene rings is 1. The van der Waals surface area contributed by atoms with Crippen molar-refractivity contribution in [3.63, 3.8) is 0 Å². The van der Waals surface area contributed by atoms with Gasteiger partial charge in [0.1, 0.15) is 23.7 Å². The van der Waals surface area contributed by atoms with Crippen LogP contribution in [0.3, 0.4) is 0 Å². The number of rotatable bonds is 6. The van der Waals surface area contributed by atoms with Crippen molar-refractivity contribution in [2.45, 2.75) is 13.0 Å². The number of hydrogen-bond acceptors (Lipinski definition) is 8. The molecule has 0 saturated carbocycles. The van der Waals surface area contributed by atoms with Crippen LogP contribution in [0.15, 0.2) is 36.8 Å². The third-order valence-electron chi connectivity index (χ3n) is 7.06. The van der Waals surface area contributed by atoms with E-state index in [0.717, 1.165) is 42.6 Å². The molecular weight excluding hydrogens is 513 g/mol. The van der Waals surface area contributed by atoms with Crippen molar-refractivity contribution in [1.29, 1.82) is 5.26 Å². The van der Waals surface area contributed by atoms with Gasteiger partial charge in [0.2, 0.25) is 0 Å². The van der Waals surface area contributed by atoms with E-state index < -0.39 is 6.10 Å². The first-order chi connectivity index (χ1) is 17.9. The lowest BCUT2D eigenvalue weighted by Gasteiger charge is -2.56. The van der Waals surface area contributed by atoms with Gasteiger partial charge in [0.05, 0.1) is 28.2 Å². The molecule has 1 aromatic carbocycles. The van der Waals surface area contributed by atoms with Crippen molar-refractivity contribution in [2.24, 2.45) is 5.41 Å². The smallest absolute Gasteiger partial charge is 0.162 e. The number of nitrogens with one attached hydrogen (secondary N) is 2. The van der Waals surface area contributed by atoms with Crippen molar-refractivity contribution in [3.8, 4) is 28.8 Å². The van der Waals surface area contributed by atoms with Gasteiger partial charge in [-0.3, -0.25) is 10.1 Å². The Kier molecular flexibility index (Phi) is 5.83. The summed E-state index contributed by atoms with van der Waals surface area (Å²) in [6.07, 6.45) is 4.36. The highest BCUT2D eigenvalue weighted by Gasteiger charge is 2.48. The molecule has 0 unspecified atom stereocenters. The van der Waals surface area contributed by atoms with E-state index in [1.54, 1.807) is 13.3 Å². The molecule has 6 rings (SSSR count). The summed E-state index contributed by atoms with van der Waals surface area (Å²) >= 11 is 12.7. The van der Waals surface area contributed by atoms with Gasteiger partial charge in [-0.2, -0.15) is 10.4 Å². The van der Waals surface area contributed by atoms with E-state index in [9.17, 15) is 5.26 Å². The SMILES string of the molecule is COc1cc2[nH]nc(-c3cnc(N4CC5(CNC5)C4)c(C#N)c3)c2cc1O[C@H](C)c1c(Cl)cncc1Cl. The Hall–Kier alpha value is -3.58. The van der Waals surface area contributed by atoms with Crippen molar-refractivity contribution < 1.29 is 9.47 Å². The van der Waals surface area contributed by atoms with Gasteiger partial charge >= 0.3 is 0 Å². The van der Waals surface area contributed by atoms with E-state index >= 15 is 0 Å². The molecule has 2 fully saturated rings. The average Bonchev–Trinajstić information content (AvgIpc) is 3.24. The van der Waals surface area contributed by atoms with Gasteiger partial charge in [-0.15, -0.1) is 0 Å². The molecule has 0 amide bonds. The fraction of sp³-hybridized carbons (Fsp3) is 0.308. The molecule has 0 radical (unpaired) electrons. The molecule has 2 aliphatic heterocycles. The normalized spacial score (nSPS) is 16.7. The summed E-state index contributed by atoms with van der Waals surface area (Å²) in [4.78, 5) is 10.8. The number of halogens is 2. The summed E-state index contributed by atoms with van der Waals surface area (Å²) in [7, 11) is 1.57. The number of aromatic nitrogens is 4. The highest BCUT2D eigenvalue weighted by Crippen LogP contribution is 2.41. The quantitative estimate of drug-likeness (QED) is 0.363. The van der Waals surface area contributed by atoms with Crippen LogP contribution < -0.4 is 19.7 Å². The lowest BCUT2D eigenvalue weighted by molar-refractivity contribution is 0.120. The van der Waals surface area contributed by atoms with Crippen LogP contribution in [0.4, 0.5) is 5.82 Å². The first-order valence-corrected chi connectivity index (χ1v) is 12.5. The number of pyridine rings is 2. The lowest BCUT2D eigenvalue weighted by Crippen LogP contribution is -2.71. The van der Waals surface area contributed by atoms with Crippen LogP contribution in [0.25, 0.3) is 22.2 Å². The van der Waals surface area contributed by atoms with Crippen LogP contribution in [0.1, 0.15) is 24.2 Å². The van der Waals surface area contributed by atoms with E-state index in [0.29, 0.717) is 49.6 Å². The van der Waals surface area contributed by atoms with Crippen LogP contribution >= 0.6 is 23.2 Å². The number of anilines is 1. The summed E-state index contributed by atoms with van der Waals surface area (Å²) < 4.78 is 11.8. The molecule has 188 valence electrons. The molecule has 1 spiro atoms. The molecule has 37 heavy (non-hydrogen) atoms. The predicted octanol–water partition coefficient (Wildman–Crippen LogP) is 4.76. The third kappa shape index (κ3) is 4.02. The first kappa shape index (κ1) is 23.8. The molecule has 0 aliphatic carbocycles. The predicted molar refractivity (Wildman–Crippen MR) is 141 cm³/mol. The molecule has 5 heterocycles. The van der Waals surface area contributed by atoms with Gasteiger partial charge in [0, 0.05) is 72.8 Å². The van der Waals surface area contributed by atoms with Crippen molar-refractivity contribution in [2.75, 3.05) is 38.2 Å². The number of hydrogen-bond donors (Lipinski definition) is 2. The molecule has 11 heteroatoms. The van der Waals surface area contributed by atoms with E-state index in [-0.39, 0.29) is 0 Å². The van der Waals surface area contributed by atoms with Gasteiger partial charge in [0.15, 0.2) is 11.5 Å². The van der Waals surface area contributed by atoms with Crippen LogP contribution in [0.5, 0.6) is 11.5 Å². The number of methoxy groups -OCH3 is 1. The molecule has 2 saturated heterocycles. The fourth-order valence-electron chi connectivity index (χ4n) is 5.09. The molecule has 1 atom stereocenters. The maximum absolute atomic E-state index is 9.87. The van der Waals surface area contributed by atoms with E-state index in [1.165, 1.54) is 12.4 Å². The Morgan fingerprint density at radius 1 is 1.11 bits per heavy atom. The maximum Gasteiger partial charge on any atom is 0.162 e. The van der Waals surface area contributed by atoms with E-state index in [2.05, 4.69) is 36.5 Å². The molecule has 4 aromatic rings. The number of H-pyrrole nitrogens is 1. The number of fused-ring (bicyclic) bond motifs is 1.